The van der Waals surface area contributed by atoms with E-state index in [0.717, 1.165) is 11.1 Å². The molecule has 0 aliphatic heterocycles. The van der Waals surface area contributed by atoms with Crippen LogP contribution in [0.1, 0.15) is 11.1 Å². The summed E-state index contributed by atoms with van der Waals surface area (Å²) < 4.78 is 26.4. The smallest absolute Gasteiger partial charge is 0.267 e. The highest BCUT2D eigenvalue weighted by atomic mass is 32.2. The molecular formula is C14H17N3O2S. The van der Waals surface area contributed by atoms with Crippen molar-refractivity contribution in [2.75, 3.05) is 17.1 Å². The molecule has 0 bridgehead atoms. The summed E-state index contributed by atoms with van der Waals surface area (Å²) in [6.07, 6.45) is 1.46. The second-order valence-corrected chi connectivity index (χ2v) is 6.64. The first-order valence-electron chi connectivity index (χ1n) is 6.10. The third-order valence-corrected chi connectivity index (χ3v) is 4.84. The van der Waals surface area contributed by atoms with E-state index in [1.807, 2.05) is 32.0 Å². The maximum atomic E-state index is 12.6. The minimum atomic E-state index is -3.71. The molecule has 20 heavy (non-hydrogen) atoms. The van der Waals surface area contributed by atoms with Gasteiger partial charge >= 0.3 is 0 Å². The standard InChI is InChI=1S/C14H17N3O2S/c1-10-7-11(2)9-12(8-10)17(3)20(18,19)13-5-4-6-16-14(13)15/h4-9H,1-3H3,(H2,15,16). The molecule has 0 atom stereocenters. The van der Waals surface area contributed by atoms with Crippen LogP contribution in [0.25, 0.3) is 0 Å². The zero-order valence-electron chi connectivity index (χ0n) is 11.7. The summed E-state index contributed by atoms with van der Waals surface area (Å²) in [6.45, 7) is 3.85. The zero-order chi connectivity index (χ0) is 14.9. The summed E-state index contributed by atoms with van der Waals surface area (Å²) in [5.74, 6) is 0.00345. The molecule has 0 spiro atoms. The fraction of sp³-hybridized carbons (Fsp3) is 0.214. The van der Waals surface area contributed by atoms with E-state index in [2.05, 4.69) is 4.98 Å². The highest BCUT2D eigenvalue weighted by Crippen LogP contribution is 2.26. The molecule has 6 heteroatoms. The Balaban J connectivity index is 2.52. The van der Waals surface area contributed by atoms with Crippen LogP contribution in [0.3, 0.4) is 0 Å². The van der Waals surface area contributed by atoms with Crippen LogP contribution in [0, 0.1) is 13.8 Å². The largest absolute Gasteiger partial charge is 0.383 e. The third-order valence-electron chi connectivity index (χ3n) is 3.01. The molecular weight excluding hydrogens is 274 g/mol. The lowest BCUT2D eigenvalue weighted by Gasteiger charge is -2.21. The number of sulfonamides is 1. The Labute approximate surface area is 119 Å². The number of aryl methyl sites for hydroxylation is 2. The van der Waals surface area contributed by atoms with Gasteiger partial charge in [0.25, 0.3) is 10.0 Å². The van der Waals surface area contributed by atoms with Gasteiger partial charge in [-0.15, -0.1) is 0 Å². The number of aromatic nitrogens is 1. The fourth-order valence-corrected chi connectivity index (χ4v) is 3.29. The van der Waals surface area contributed by atoms with Crippen molar-refractivity contribution >= 4 is 21.5 Å². The van der Waals surface area contributed by atoms with Crippen LogP contribution in [0.4, 0.5) is 11.5 Å². The van der Waals surface area contributed by atoms with E-state index in [0.29, 0.717) is 5.69 Å². The van der Waals surface area contributed by atoms with Gasteiger partial charge in [-0.1, -0.05) is 6.07 Å². The van der Waals surface area contributed by atoms with Gasteiger partial charge in [-0.05, 0) is 49.2 Å². The van der Waals surface area contributed by atoms with Crippen molar-refractivity contribution in [3.8, 4) is 0 Å². The van der Waals surface area contributed by atoms with Crippen LogP contribution in [0.15, 0.2) is 41.4 Å². The molecule has 0 aliphatic carbocycles. The van der Waals surface area contributed by atoms with Crippen LogP contribution < -0.4 is 10.0 Å². The molecule has 1 aromatic carbocycles. The van der Waals surface area contributed by atoms with E-state index >= 15 is 0 Å². The second kappa shape index (κ2) is 5.13. The molecule has 0 fully saturated rings. The van der Waals surface area contributed by atoms with Crippen molar-refractivity contribution < 1.29 is 8.42 Å². The summed E-state index contributed by atoms with van der Waals surface area (Å²) in [7, 11) is -2.20. The van der Waals surface area contributed by atoms with Crippen LogP contribution in [-0.4, -0.2) is 20.4 Å². The number of anilines is 2. The minimum Gasteiger partial charge on any atom is -0.383 e. The Bertz CT molecular complexity index is 722. The molecule has 2 aromatic rings. The molecule has 0 saturated carbocycles. The first-order valence-corrected chi connectivity index (χ1v) is 7.54. The van der Waals surface area contributed by atoms with Crippen molar-refractivity contribution in [1.82, 2.24) is 4.98 Å². The average Bonchev–Trinajstić information content (AvgIpc) is 2.37. The van der Waals surface area contributed by atoms with E-state index in [-0.39, 0.29) is 10.7 Å². The van der Waals surface area contributed by atoms with Crippen LogP contribution in [0.2, 0.25) is 0 Å². The molecule has 5 nitrogen and oxygen atoms in total. The molecule has 1 aromatic heterocycles. The summed E-state index contributed by atoms with van der Waals surface area (Å²) in [5, 5.41) is 0. The molecule has 0 aliphatic rings. The summed E-state index contributed by atoms with van der Waals surface area (Å²) >= 11 is 0. The van der Waals surface area contributed by atoms with Gasteiger partial charge in [0.15, 0.2) is 0 Å². The zero-order valence-corrected chi connectivity index (χ0v) is 12.5. The van der Waals surface area contributed by atoms with Crippen molar-refractivity contribution in [2.45, 2.75) is 18.7 Å². The molecule has 2 rings (SSSR count). The highest BCUT2D eigenvalue weighted by Gasteiger charge is 2.24. The van der Waals surface area contributed by atoms with Gasteiger partial charge < -0.3 is 5.73 Å². The number of hydrogen-bond donors (Lipinski definition) is 1. The lowest BCUT2D eigenvalue weighted by molar-refractivity contribution is 0.594. The summed E-state index contributed by atoms with van der Waals surface area (Å²) in [6, 6.07) is 8.63. The topological polar surface area (TPSA) is 76.3 Å². The number of nitrogens with zero attached hydrogens (tertiary/aromatic N) is 2. The first kappa shape index (κ1) is 14.3. The molecule has 2 N–H and O–H groups in total. The van der Waals surface area contributed by atoms with E-state index in [9.17, 15) is 8.42 Å². The van der Waals surface area contributed by atoms with Crippen LogP contribution in [0.5, 0.6) is 0 Å². The maximum Gasteiger partial charge on any atom is 0.267 e. The van der Waals surface area contributed by atoms with Crippen molar-refractivity contribution in [3.05, 3.63) is 47.7 Å². The first-order chi connectivity index (χ1) is 9.32. The molecule has 0 saturated heterocycles. The summed E-state index contributed by atoms with van der Waals surface area (Å²) in [4.78, 5) is 3.84. The predicted octanol–water partition coefficient (Wildman–Crippen LogP) is 2.11. The molecule has 0 amide bonds. The second-order valence-electron chi connectivity index (χ2n) is 4.71. The van der Waals surface area contributed by atoms with Crippen molar-refractivity contribution in [1.29, 1.82) is 0 Å². The number of nitrogen functional groups attached to an aromatic ring is 1. The Morgan fingerprint density at radius 1 is 1.15 bits per heavy atom. The number of nitrogens with two attached hydrogens (primary N) is 1. The van der Waals surface area contributed by atoms with Gasteiger partial charge in [0.1, 0.15) is 10.7 Å². The number of pyridine rings is 1. The van der Waals surface area contributed by atoms with Gasteiger partial charge in [0.2, 0.25) is 0 Å². The van der Waals surface area contributed by atoms with Crippen molar-refractivity contribution in [3.63, 3.8) is 0 Å². The minimum absolute atomic E-state index is 0.00345. The van der Waals surface area contributed by atoms with E-state index in [1.54, 1.807) is 6.07 Å². The lowest BCUT2D eigenvalue weighted by atomic mass is 10.1. The molecule has 1 heterocycles. The average molecular weight is 291 g/mol. The van der Waals surface area contributed by atoms with Crippen LogP contribution in [-0.2, 0) is 10.0 Å². The fourth-order valence-electron chi connectivity index (χ4n) is 2.04. The molecule has 0 unspecified atom stereocenters. The normalized spacial score (nSPS) is 11.3. The summed E-state index contributed by atoms with van der Waals surface area (Å²) in [5.41, 5.74) is 8.27. The molecule has 0 radical (unpaired) electrons. The van der Waals surface area contributed by atoms with E-state index < -0.39 is 10.0 Å². The maximum absolute atomic E-state index is 12.6. The van der Waals surface area contributed by atoms with Gasteiger partial charge in [-0.25, -0.2) is 13.4 Å². The number of hydrogen-bond acceptors (Lipinski definition) is 4. The van der Waals surface area contributed by atoms with Crippen LogP contribution >= 0.6 is 0 Å². The SMILES string of the molecule is Cc1cc(C)cc(N(C)S(=O)(=O)c2cccnc2N)c1. The molecule has 106 valence electrons. The van der Waals surface area contributed by atoms with Crippen molar-refractivity contribution in [2.24, 2.45) is 0 Å². The Kier molecular flexibility index (Phi) is 3.67. The van der Waals surface area contributed by atoms with Gasteiger partial charge in [-0.2, -0.15) is 0 Å². The third kappa shape index (κ3) is 2.60. The van der Waals surface area contributed by atoms with E-state index in [4.69, 9.17) is 5.73 Å². The van der Waals surface area contributed by atoms with Gasteiger partial charge in [-0.3, -0.25) is 4.31 Å². The Hall–Kier alpha value is -2.08. The monoisotopic (exact) mass is 291 g/mol. The Morgan fingerprint density at radius 3 is 2.30 bits per heavy atom. The number of rotatable bonds is 3. The van der Waals surface area contributed by atoms with E-state index in [1.165, 1.54) is 23.6 Å². The Morgan fingerprint density at radius 2 is 1.75 bits per heavy atom. The highest BCUT2D eigenvalue weighted by molar-refractivity contribution is 7.93. The number of benzene rings is 1. The lowest BCUT2D eigenvalue weighted by Crippen LogP contribution is -2.27. The van der Waals surface area contributed by atoms with Gasteiger partial charge in [0, 0.05) is 13.2 Å². The van der Waals surface area contributed by atoms with Gasteiger partial charge in [0.05, 0.1) is 5.69 Å². The quantitative estimate of drug-likeness (QED) is 0.939. The predicted molar refractivity (Wildman–Crippen MR) is 80.2 cm³/mol.